The smallest absolute Gasteiger partial charge is 0.353 e. The Morgan fingerprint density at radius 3 is 2.24 bits per heavy atom. The van der Waals surface area contributed by atoms with Crippen LogP contribution >= 0.6 is 22.7 Å². The second kappa shape index (κ2) is 9.71. The molecule has 0 aliphatic carbocycles. The molecule has 3 saturated heterocycles. The summed E-state index contributed by atoms with van der Waals surface area (Å²) in [4.78, 5) is 14.8. The molecule has 0 spiro atoms. The van der Waals surface area contributed by atoms with Crippen LogP contribution in [-0.2, 0) is 21.6 Å². The molecule has 3 aromatic rings. The number of benzene rings is 1. The van der Waals surface area contributed by atoms with Crippen molar-refractivity contribution in [3.8, 4) is 0 Å². The van der Waals surface area contributed by atoms with E-state index in [9.17, 15) is 9.90 Å². The second-order valence-electron chi connectivity index (χ2n) is 9.54. The van der Waals surface area contributed by atoms with Crippen LogP contribution < -0.4 is 0 Å². The fourth-order valence-corrected chi connectivity index (χ4v) is 7.31. The molecule has 1 atom stereocenters. The van der Waals surface area contributed by atoms with Gasteiger partial charge in [0.2, 0.25) is 11.8 Å². The Morgan fingerprint density at radius 2 is 1.64 bits per heavy atom. The van der Waals surface area contributed by atoms with Gasteiger partial charge in [0.15, 0.2) is 0 Å². The third-order valence-electron chi connectivity index (χ3n) is 7.57. The number of fused-ring (bicyclic) bond motifs is 3. The van der Waals surface area contributed by atoms with Gasteiger partial charge in [-0.3, -0.25) is 4.48 Å². The van der Waals surface area contributed by atoms with Crippen molar-refractivity contribution in [2.75, 3.05) is 19.6 Å². The topological polar surface area (TPSA) is 46.5 Å². The van der Waals surface area contributed by atoms with E-state index in [0.29, 0.717) is 15.7 Å². The molecule has 3 fully saturated rings. The third-order valence-corrected chi connectivity index (χ3v) is 9.52. The standard InChI is InChI=1S/C27H32NO3S2/c29-26(27(30,23-11-6-18-32-23)24-12-7-19-33-24)31-25-20-22-13-16-28(25,17-14-22)15-5-4-10-21-8-2-1-3-9-21/h1-3,6-9,11-12,18-19,22,25,30H,4-5,10,13-17,20H2/q+1/t22?,25-,28?/m1/s1. The van der Waals surface area contributed by atoms with Crippen LogP contribution in [0.4, 0.5) is 0 Å². The summed E-state index contributed by atoms with van der Waals surface area (Å²) in [5, 5.41) is 15.5. The Kier molecular flexibility index (Phi) is 6.70. The Labute approximate surface area is 204 Å². The number of quaternary nitrogens is 1. The van der Waals surface area contributed by atoms with Gasteiger partial charge in [-0.2, -0.15) is 0 Å². The predicted octanol–water partition coefficient (Wildman–Crippen LogP) is 5.57. The highest BCUT2D eigenvalue weighted by molar-refractivity contribution is 7.12. The number of aliphatic hydroxyl groups is 1. The molecule has 1 aromatic carbocycles. The Balaban J connectivity index is 1.30. The van der Waals surface area contributed by atoms with Gasteiger partial charge in [0, 0.05) is 19.3 Å². The fourth-order valence-electron chi connectivity index (χ4n) is 5.60. The highest BCUT2D eigenvalue weighted by Gasteiger charge is 2.52. The SMILES string of the molecule is O=C(O[C@@H]1CC2CC[N+]1(CCCCc1ccccc1)CC2)C(O)(c1cccs1)c1cccs1. The van der Waals surface area contributed by atoms with Crippen molar-refractivity contribution in [3.05, 3.63) is 80.7 Å². The van der Waals surface area contributed by atoms with Crippen LogP contribution in [0.5, 0.6) is 0 Å². The monoisotopic (exact) mass is 482 g/mol. The molecule has 0 radical (unpaired) electrons. The zero-order valence-electron chi connectivity index (χ0n) is 18.9. The lowest BCUT2D eigenvalue weighted by molar-refractivity contribution is -0.984. The lowest BCUT2D eigenvalue weighted by Crippen LogP contribution is -2.66. The number of aryl methyl sites for hydroxylation is 1. The van der Waals surface area contributed by atoms with Gasteiger partial charge in [-0.1, -0.05) is 42.5 Å². The summed E-state index contributed by atoms with van der Waals surface area (Å²) >= 11 is 2.80. The molecule has 1 N–H and O–H groups in total. The van der Waals surface area contributed by atoms with Crippen LogP contribution in [0.3, 0.4) is 0 Å². The predicted molar refractivity (Wildman–Crippen MR) is 133 cm³/mol. The van der Waals surface area contributed by atoms with Crippen molar-refractivity contribution in [1.82, 2.24) is 0 Å². The summed E-state index contributed by atoms with van der Waals surface area (Å²) < 4.78 is 7.12. The normalized spacial score (nSPS) is 24.6. The lowest BCUT2D eigenvalue weighted by atomic mass is 9.84. The molecular formula is C27H32NO3S2+. The first-order valence-corrected chi connectivity index (χ1v) is 13.8. The summed E-state index contributed by atoms with van der Waals surface area (Å²) in [6.45, 7) is 3.18. The van der Waals surface area contributed by atoms with E-state index in [1.807, 2.05) is 35.0 Å². The zero-order valence-corrected chi connectivity index (χ0v) is 20.5. The van der Waals surface area contributed by atoms with Gasteiger partial charge in [0.1, 0.15) is 0 Å². The van der Waals surface area contributed by atoms with E-state index >= 15 is 0 Å². The van der Waals surface area contributed by atoms with Crippen LogP contribution in [0.2, 0.25) is 0 Å². The van der Waals surface area contributed by atoms with Crippen molar-refractivity contribution in [1.29, 1.82) is 0 Å². The van der Waals surface area contributed by atoms with E-state index in [2.05, 4.69) is 30.3 Å². The van der Waals surface area contributed by atoms with Crippen molar-refractivity contribution >= 4 is 28.6 Å². The van der Waals surface area contributed by atoms with E-state index in [4.69, 9.17) is 4.74 Å². The first kappa shape index (κ1) is 22.8. The van der Waals surface area contributed by atoms with Gasteiger partial charge >= 0.3 is 5.97 Å². The second-order valence-corrected chi connectivity index (χ2v) is 11.4. The quantitative estimate of drug-likeness (QED) is 0.246. The lowest BCUT2D eigenvalue weighted by Gasteiger charge is -2.53. The fraction of sp³-hybridized carbons (Fsp3) is 0.444. The molecular weight excluding hydrogens is 450 g/mol. The summed E-state index contributed by atoms with van der Waals surface area (Å²) in [7, 11) is 0. The Bertz CT molecular complexity index is 991. The van der Waals surface area contributed by atoms with E-state index in [1.54, 1.807) is 0 Å². The first-order chi connectivity index (χ1) is 16.1. The number of carbonyl (C=O) groups is 1. The molecule has 3 aliphatic heterocycles. The molecule has 0 unspecified atom stereocenters. The molecule has 2 aromatic heterocycles. The molecule has 2 bridgehead atoms. The molecule has 3 aliphatic rings. The number of hydrogen-bond acceptors (Lipinski definition) is 5. The minimum atomic E-state index is -1.72. The average molecular weight is 483 g/mol. The highest BCUT2D eigenvalue weighted by Crippen LogP contribution is 2.42. The average Bonchev–Trinajstić information content (AvgIpc) is 3.58. The Hall–Kier alpha value is -1.99. The minimum absolute atomic E-state index is 0.159. The minimum Gasteiger partial charge on any atom is -0.410 e. The summed E-state index contributed by atoms with van der Waals surface area (Å²) in [5.41, 5.74) is -0.341. The van der Waals surface area contributed by atoms with Crippen molar-refractivity contribution in [2.45, 2.75) is 50.4 Å². The van der Waals surface area contributed by atoms with E-state index in [0.717, 1.165) is 49.8 Å². The maximum absolute atomic E-state index is 13.6. The van der Waals surface area contributed by atoms with Crippen LogP contribution in [0, 0.1) is 5.92 Å². The van der Waals surface area contributed by atoms with Crippen LogP contribution in [0.1, 0.15) is 47.4 Å². The number of unbranched alkanes of at least 4 members (excludes halogenated alkanes) is 1. The number of nitrogens with zero attached hydrogens (tertiary/aromatic N) is 1. The van der Waals surface area contributed by atoms with Crippen LogP contribution in [-0.4, -0.2) is 41.4 Å². The molecule has 174 valence electrons. The third kappa shape index (κ3) is 4.54. The first-order valence-electron chi connectivity index (χ1n) is 12.0. The maximum atomic E-state index is 13.6. The number of piperidine rings is 3. The molecule has 0 saturated carbocycles. The number of hydrogen-bond donors (Lipinski definition) is 1. The summed E-state index contributed by atoms with van der Waals surface area (Å²) in [5.74, 6) is 0.107. The number of rotatable bonds is 9. The maximum Gasteiger partial charge on any atom is 0.353 e. The van der Waals surface area contributed by atoms with Gasteiger partial charge in [-0.15, -0.1) is 22.7 Å². The number of thiophene rings is 2. The highest BCUT2D eigenvalue weighted by atomic mass is 32.1. The van der Waals surface area contributed by atoms with Crippen molar-refractivity contribution in [2.24, 2.45) is 5.92 Å². The van der Waals surface area contributed by atoms with Gasteiger partial charge in [-0.05, 0) is 53.6 Å². The molecule has 6 rings (SSSR count). The van der Waals surface area contributed by atoms with Crippen molar-refractivity contribution in [3.63, 3.8) is 0 Å². The molecule has 4 nitrogen and oxygen atoms in total. The van der Waals surface area contributed by atoms with Gasteiger partial charge < -0.3 is 9.84 Å². The van der Waals surface area contributed by atoms with Crippen molar-refractivity contribution < 1.29 is 19.1 Å². The van der Waals surface area contributed by atoms with E-state index in [1.165, 1.54) is 41.1 Å². The molecule has 33 heavy (non-hydrogen) atoms. The molecule has 6 heteroatoms. The van der Waals surface area contributed by atoms with E-state index < -0.39 is 11.6 Å². The number of carbonyl (C=O) groups excluding carboxylic acids is 1. The zero-order chi connectivity index (χ0) is 22.7. The summed E-state index contributed by atoms with van der Waals surface area (Å²) in [6.07, 6.45) is 6.53. The molecule has 5 heterocycles. The number of esters is 1. The molecule has 0 amide bonds. The van der Waals surface area contributed by atoms with Crippen LogP contribution in [0.15, 0.2) is 65.4 Å². The number of ether oxygens (including phenoxy) is 1. The van der Waals surface area contributed by atoms with Gasteiger partial charge in [0.25, 0.3) is 0 Å². The summed E-state index contributed by atoms with van der Waals surface area (Å²) in [6, 6.07) is 18.1. The largest absolute Gasteiger partial charge is 0.410 e. The Morgan fingerprint density at radius 1 is 0.970 bits per heavy atom. The van der Waals surface area contributed by atoms with Crippen LogP contribution in [0.25, 0.3) is 0 Å². The van der Waals surface area contributed by atoms with Gasteiger partial charge in [0.05, 0.1) is 29.4 Å². The van der Waals surface area contributed by atoms with Gasteiger partial charge in [-0.25, -0.2) is 4.79 Å². The van der Waals surface area contributed by atoms with E-state index in [-0.39, 0.29) is 6.23 Å².